The molecule has 0 radical (unpaired) electrons. The summed E-state index contributed by atoms with van der Waals surface area (Å²) in [5.74, 6) is -0.146. The minimum Gasteiger partial charge on any atom is -0.337 e. The second-order valence-electron chi connectivity index (χ2n) is 5.66. The normalized spacial score (nSPS) is 13.4. The van der Waals surface area contributed by atoms with Crippen LogP contribution in [0.5, 0.6) is 0 Å². The maximum Gasteiger partial charge on any atom is 0.319 e. The van der Waals surface area contributed by atoms with E-state index in [0.717, 1.165) is 15.7 Å². The van der Waals surface area contributed by atoms with Gasteiger partial charge in [0.05, 0.1) is 11.4 Å². The lowest BCUT2D eigenvalue weighted by molar-refractivity contribution is 0.252. The van der Waals surface area contributed by atoms with Crippen LogP contribution in [0.4, 0.5) is 16.2 Å². The fourth-order valence-electron chi connectivity index (χ4n) is 2.74. The Morgan fingerprint density at radius 1 is 1.16 bits per heavy atom. The average Bonchev–Trinajstić information content (AvgIpc) is 2.99. The van der Waals surface area contributed by atoms with Gasteiger partial charge in [-0.1, -0.05) is 40.2 Å². The number of rotatable bonds is 5. The highest BCUT2D eigenvalue weighted by molar-refractivity contribution is 9.10. The second-order valence-corrected chi connectivity index (χ2v) is 8.59. The van der Waals surface area contributed by atoms with E-state index in [1.165, 1.54) is 4.31 Å². The molecular weight excluding hydrogens is 406 g/mol. The third-order valence-electron chi connectivity index (χ3n) is 3.91. The molecule has 1 aliphatic heterocycles. The Kier molecular flexibility index (Phi) is 5.29. The van der Waals surface area contributed by atoms with E-state index in [4.69, 9.17) is 0 Å². The highest BCUT2D eigenvalue weighted by Gasteiger charge is 2.28. The minimum absolute atomic E-state index is 0.0425. The van der Waals surface area contributed by atoms with Gasteiger partial charge in [0.25, 0.3) is 0 Å². The van der Waals surface area contributed by atoms with Gasteiger partial charge in [-0.3, -0.25) is 4.31 Å². The van der Waals surface area contributed by atoms with Gasteiger partial charge in [-0.2, -0.15) is 0 Å². The van der Waals surface area contributed by atoms with Gasteiger partial charge in [-0.15, -0.1) is 0 Å². The van der Waals surface area contributed by atoms with Crippen LogP contribution in [0.3, 0.4) is 0 Å². The first-order chi connectivity index (χ1) is 12.0. The van der Waals surface area contributed by atoms with Crippen molar-refractivity contribution in [3.8, 4) is 0 Å². The van der Waals surface area contributed by atoms with Crippen molar-refractivity contribution in [2.24, 2.45) is 0 Å². The number of halogens is 1. The molecule has 6 nitrogen and oxygen atoms in total. The van der Waals surface area contributed by atoms with E-state index < -0.39 is 16.1 Å². The minimum atomic E-state index is -3.47. The number of sulfonamides is 1. The van der Waals surface area contributed by atoms with Crippen molar-refractivity contribution in [3.05, 3.63) is 58.6 Å². The predicted molar refractivity (Wildman–Crippen MR) is 102 cm³/mol. The molecule has 0 aliphatic carbocycles. The molecule has 132 valence electrons. The zero-order valence-electron chi connectivity index (χ0n) is 13.4. The van der Waals surface area contributed by atoms with Crippen molar-refractivity contribution in [2.75, 3.05) is 28.5 Å². The number of fused-ring (bicyclic) bond motifs is 1. The predicted octanol–water partition coefficient (Wildman–Crippen LogP) is 2.96. The number of hydrogen-bond donors (Lipinski definition) is 2. The lowest BCUT2D eigenvalue weighted by Gasteiger charge is -2.19. The Balaban J connectivity index is 1.54. The number of hydrogen-bond acceptors (Lipinski definition) is 3. The van der Waals surface area contributed by atoms with Crippen LogP contribution in [-0.2, 0) is 16.4 Å². The molecule has 0 spiro atoms. The van der Waals surface area contributed by atoms with E-state index in [-0.39, 0.29) is 12.3 Å². The van der Waals surface area contributed by atoms with Crippen LogP contribution in [0, 0.1) is 0 Å². The van der Waals surface area contributed by atoms with Crippen LogP contribution in [0.2, 0.25) is 0 Å². The molecule has 2 aromatic carbocycles. The first-order valence-corrected chi connectivity index (χ1v) is 10.2. The van der Waals surface area contributed by atoms with E-state index in [9.17, 15) is 13.2 Å². The molecule has 1 aliphatic rings. The maximum absolute atomic E-state index is 12.5. The number of carbonyl (C=O) groups excluding carboxylic acids is 1. The van der Waals surface area contributed by atoms with Crippen LogP contribution >= 0.6 is 15.9 Å². The van der Waals surface area contributed by atoms with Gasteiger partial charge in [-0.05, 0) is 36.2 Å². The molecule has 0 atom stereocenters. The van der Waals surface area contributed by atoms with Gasteiger partial charge < -0.3 is 10.6 Å². The smallest absolute Gasteiger partial charge is 0.319 e. The summed E-state index contributed by atoms with van der Waals surface area (Å²) < 4.78 is 27.3. The van der Waals surface area contributed by atoms with Crippen molar-refractivity contribution in [1.29, 1.82) is 0 Å². The van der Waals surface area contributed by atoms with Crippen molar-refractivity contribution in [2.45, 2.75) is 6.42 Å². The summed E-state index contributed by atoms with van der Waals surface area (Å²) in [6.07, 6.45) is 0.714. The number of nitrogens with zero attached hydrogens (tertiary/aromatic N) is 1. The van der Waals surface area contributed by atoms with Crippen molar-refractivity contribution >= 4 is 43.4 Å². The van der Waals surface area contributed by atoms with Crippen molar-refractivity contribution < 1.29 is 13.2 Å². The number of benzene rings is 2. The topological polar surface area (TPSA) is 78.5 Å². The van der Waals surface area contributed by atoms with Gasteiger partial charge in [0.2, 0.25) is 10.0 Å². The van der Waals surface area contributed by atoms with Crippen molar-refractivity contribution in [3.63, 3.8) is 0 Å². The number of para-hydroxylation sites is 1. The van der Waals surface area contributed by atoms with Crippen LogP contribution in [0.15, 0.2) is 53.0 Å². The molecule has 2 amide bonds. The molecule has 0 saturated carbocycles. The first-order valence-electron chi connectivity index (χ1n) is 7.84. The number of urea groups is 1. The third kappa shape index (κ3) is 4.32. The maximum atomic E-state index is 12.5. The van der Waals surface area contributed by atoms with Gasteiger partial charge in [0.1, 0.15) is 0 Å². The van der Waals surface area contributed by atoms with Crippen LogP contribution in [0.25, 0.3) is 0 Å². The summed E-state index contributed by atoms with van der Waals surface area (Å²) >= 11 is 3.33. The number of carbonyl (C=O) groups is 1. The molecule has 0 fully saturated rings. The first kappa shape index (κ1) is 17.8. The Labute approximate surface area is 155 Å². The quantitative estimate of drug-likeness (QED) is 0.775. The summed E-state index contributed by atoms with van der Waals surface area (Å²) in [7, 11) is -3.47. The van der Waals surface area contributed by atoms with Gasteiger partial charge >= 0.3 is 6.03 Å². The van der Waals surface area contributed by atoms with Crippen LogP contribution in [-0.4, -0.2) is 33.3 Å². The van der Waals surface area contributed by atoms with Gasteiger partial charge in [-0.25, -0.2) is 13.2 Å². The molecule has 0 bridgehead atoms. The molecule has 0 saturated heterocycles. The molecular formula is C17H18BrN3O3S. The number of nitrogens with one attached hydrogen (secondary N) is 2. The summed E-state index contributed by atoms with van der Waals surface area (Å²) in [6.45, 7) is 0.493. The Hall–Kier alpha value is -2.06. The van der Waals surface area contributed by atoms with E-state index in [0.29, 0.717) is 18.7 Å². The lowest BCUT2D eigenvalue weighted by Crippen LogP contribution is -2.38. The Bertz CT molecular complexity index is 886. The lowest BCUT2D eigenvalue weighted by atomic mass is 10.2. The highest BCUT2D eigenvalue weighted by atomic mass is 79.9. The Morgan fingerprint density at radius 3 is 2.76 bits per heavy atom. The highest BCUT2D eigenvalue weighted by Crippen LogP contribution is 2.29. The van der Waals surface area contributed by atoms with E-state index >= 15 is 0 Å². The fourth-order valence-corrected chi connectivity index (χ4v) is 4.57. The fraction of sp³-hybridized carbons (Fsp3) is 0.235. The molecule has 0 unspecified atom stereocenters. The summed E-state index contributed by atoms with van der Waals surface area (Å²) in [4.78, 5) is 11.9. The third-order valence-corrected chi connectivity index (χ3v) is 6.17. The molecule has 25 heavy (non-hydrogen) atoms. The largest absolute Gasteiger partial charge is 0.337 e. The van der Waals surface area contributed by atoms with E-state index in [2.05, 4.69) is 26.6 Å². The average molecular weight is 424 g/mol. The molecule has 2 aromatic rings. The summed E-state index contributed by atoms with van der Waals surface area (Å²) in [6, 6.07) is 14.2. The monoisotopic (exact) mass is 423 g/mol. The molecule has 3 rings (SSSR count). The molecule has 0 aromatic heterocycles. The standard InChI is InChI=1S/C17H18BrN3O3S/c18-14-5-3-6-15(12-14)20-17(22)19-9-11-25(23,24)21-10-8-13-4-1-2-7-16(13)21/h1-7,12H,8-11H2,(H2,19,20,22). The zero-order chi connectivity index (χ0) is 17.9. The van der Waals surface area contributed by atoms with Crippen LogP contribution < -0.4 is 14.9 Å². The summed E-state index contributed by atoms with van der Waals surface area (Å²) in [5.41, 5.74) is 2.40. The zero-order valence-corrected chi connectivity index (χ0v) is 15.8. The molecule has 1 heterocycles. The SMILES string of the molecule is O=C(NCCS(=O)(=O)N1CCc2ccccc21)Nc1cccc(Br)c1. The molecule has 2 N–H and O–H groups in total. The van der Waals surface area contributed by atoms with Gasteiger partial charge in [0.15, 0.2) is 0 Å². The van der Waals surface area contributed by atoms with E-state index in [1.807, 2.05) is 30.3 Å². The summed E-state index contributed by atoms with van der Waals surface area (Å²) in [5, 5.41) is 5.25. The molecule has 8 heteroatoms. The number of anilines is 2. The van der Waals surface area contributed by atoms with Gasteiger partial charge in [0, 0.05) is 23.2 Å². The number of amides is 2. The van der Waals surface area contributed by atoms with E-state index in [1.54, 1.807) is 18.2 Å². The van der Waals surface area contributed by atoms with Crippen LogP contribution in [0.1, 0.15) is 5.56 Å². The Morgan fingerprint density at radius 2 is 1.96 bits per heavy atom. The second kappa shape index (κ2) is 7.45. The van der Waals surface area contributed by atoms with Crippen molar-refractivity contribution in [1.82, 2.24) is 5.32 Å².